The van der Waals surface area contributed by atoms with E-state index < -0.39 is 0 Å². The van der Waals surface area contributed by atoms with Crippen molar-refractivity contribution in [2.24, 2.45) is 0 Å². The minimum atomic E-state index is -0.203. The molecule has 24 heavy (non-hydrogen) atoms. The van der Waals surface area contributed by atoms with E-state index in [0.717, 1.165) is 35.4 Å². The van der Waals surface area contributed by atoms with Crippen LogP contribution in [0.15, 0.2) is 48.5 Å². The summed E-state index contributed by atoms with van der Waals surface area (Å²) in [6, 6.07) is 15.5. The number of carbonyl (C=O) groups excluding carboxylic acids is 1. The van der Waals surface area contributed by atoms with Crippen LogP contribution in [-0.2, 0) is 11.2 Å². The summed E-state index contributed by atoms with van der Waals surface area (Å²) in [5.74, 6) is 0.911. The lowest BCUT2D eigenvalue weighted by molar-refractivity contribution is 0.100. The number of ether oxygens (including phenoxy) is 2. The molecule has 2 unspecified atom stereocenters. The van der Waals surface area contributed by atoms with E-state index >= 15 is 0 Å². The zero-order chi connectivity index (χ0) is 16.4. The number of hydrogen-bond donors (Lipinski definition) is 2. The van der Waals surface area contributed by atoms with E-state index in [0.29, 0.717) is 13.2 Å². The number of carbonyl (C=O) groups is 1. The smallest absolute Gasteiger partial charge is 0.319 e. The maximum Gasteiger partial charge on any atom is 0.319 e. The van der Waals surface area contributed by atoms with Gasteiger partial charge < -0.3 is 20.1 Å². The molecule has 0 aliphatic carbocycles. The Morgan fingerprint density at radius 2 is 1.96 bits per heavy atom. The average Bonchev–Trinajstić information content (AvgIpc) is 3.24. The normalized spacial score (nSPS) is 21.8. The van der Waals surface area contributed by atoms with Crippen LogP contribution in [0.1, 0.15) is 23.7 Å². The summed E-state index contributed by atoms with van der Waals surface area (Å²) in [4.78, 5) is 12.3. The summed E-state index contributed by atoms with van der Waals surface area (Å²) < 4.78 is 11.3. The molecule has 2 amide bonds. The number of anilines is 1. The van der Waals surface area contributed by atoms with Crippen molar-refractivity contribution in [2.45, 2.75) is 25.0 Å². The molecule has 2 aliphatic heterocycles. The van der Waals surface area contributed by atoms with Crippen LogP contribution in [0.4, 0.5) is 10.5 Å². The Morgan fingerprint density at radius 1 is 1.08 bits per heavy atom. The molecule has 2 N–H and O–H groups in total. The van der Waals surface area contributed by atoms with E-state index in [1.165, 1.54) is 0 Å². The van der Waals surface area contributed by atoms with Crippen molar-refractivity contribution in [1.29, 1.82) is 0 Å². The van der Waals surface area contributed by atoms with Crippen LogP contribution < -0.4 is 15.4 Å². The van der Waals surface area contributed by atoms with Gasteiger partial charge in [0, 0.05) is 18.7 Å². The van der Waals surface area contributed by atoms with Gasteiger partial charge in [0.2, 0.25) is 0 Å². The molecule has 5 heteroatoms. The van der Waals surface area contributed by atoms with Crippen molar-refractivity contribution in [3.8, 4) is 5.75 Å². The lowest BCUT2D eigenvalue weighted by atomic mass is 10.0. The molecule has 5 nitrogen and oxygen atoms in total. The maximum absolute atomic E-state index is 12.3. The Morgan fingerprint density at radius 3 is 2.83 bits per heavy atom. The van der Waals surface area contributed by atoms with Crippen LogP contribution >= 0.6 is 0 Å². The monoisotopic (exact) mass is 324 g/mol. The summed E-state index contributed by atoms with van der Waals surface area (Å²) in [5, 5.41) is 5.95. The highest BCUT2D eigenvalue weighted by Gasteiger charge is 2.30. The zero-order valence-corrected chi connectivity index (χ0v) is 13.3. The highest BCUT2D eigenvalue weighted by Crippen LogP contribution is 2.30. The second-order valence-electron chi connectivity index (χ2n) is 6.12. The van der Waals surface area contributed by atoms with Crippen molar-refractivity contribution in [2.75, 3.05) is 18.5 Å². The van der Waals surface area contributed by atoms with Crippen molar-refractivity contribution in [3.63, 3.8) is 0 Å². The van der Waals surface area contributed by atoms with E-state index in [4.69, 9.17) is 9.47 Å². The number of amides is 2. The van der Waals surface area contributed by atoms with Crippen LogP contribution in [0.2, 0.25) is 0 Å². The van der Waals surface area contributed by atoms with Crippen LogP contribution in [-0.4, -0.2) is 25.3 Å². The number of rotatable bonds is 3. The van der Waals surface area contributed by atoms with E-state index in [-0.39, 0.29) is 18.2 Å². The molecule has 0 saturated carbocycles. The van der Waals surface area contributed by atoms with Gasteiger partial charge in [-0.25, -0.2) is 4.79 Å². The fourth-order valence-corrected chi connectivity index (χ4v) is 3.31. The van der Waals surface area contributed by atoms with Crippen LogP contribution in [0.25, 0.3) is 0 Å². The lowest BCUT2D eigenvalue weighted by Gasteiger charge is -2.20. The topological polar surface area (TPSA) is 59.6 Å². The summed E-state index contributed by atoms with van der Waals surface area (Å²) in [6.45, 7) is 1.36. The van der Waals surface area contributed by atoms with Crippen molar-refractivity contribution < 1.29 is 14.3 Å². The first-order valence-corrected chi connectivity index (χ1v) is 8.29. The van der Waals surface area contributed by atoms with E-state index in [2.05, 4.69) is 10.6 Å². The molecular weight excluding hydrogens is 304 g/mol. The minimum absolute atomic E-state index is 0.0230. The van der Waals surface area contributed by atoms with E-state index in [9.17, 15) is 4.79 Å². The highest BCUT2D eigenvalue weighted by atomic mass is 16.5. The minimum Gasteiger partial charge on any atom is -0.493 e. The number of hydrogen-bond acceptors (Lipinski definition) is 3. The third-order valence-corrected chi connectivity index (χ3v) is 4.48. The molecule has 1 fully saturated rings. The molecule has 0 aromatic heterocycles. The number of fused-ring (bicyclic) bond motifs is 1. The zero-order valence-electron chi connectivity index (χ0n) is 13.3. The molecule has 2 atom stereocenters. The van der Waals surface area contributed by atoms with Crippen LogP contribution in [0, 0.1) is 0 Å². The van der Waals surface area contributed by atoms with E-state index in [1.54, 1.807) is 0 Å². The summed E-state index contributed by atoms with van der Waals surface area (Å²) in [5.41, 5.74) is 3.01. The first-order chi connectivity index (χ1) is 11.8. The van der Waals surface area contributed by atoms with Gasteiger partial charge in [0.1, 0.15) is 11.9 Å². The lowest BCUT2D eigenvalue weighted by Crippen LogP contribution is -2.39. The Kier molecular flexibility index (Phi) is 4.09. The fourth-order valence-electron chi connectivity index (χ4n) is 3.31. The summed E-state index contributed by atoms with van der Waals surface area (Å²) >= 11 is 0. The van der Waals surface area contributed by atoms with Gasteiger partial charge in [-0.1, -0.05) is 30.3 Å². The van der Waals surface area contributed by atoms with Gasteiger partial charge in [0.25, 0.3) is 0 Å². The molecule has 2 aromatic rings. The first kappa shape index (κ1) is 15.0. The molecule has 2 aliphatic rings. The molecule has 124 valence electrons. The van der Waals surface area contributed by atoms with Gasteiger partial charge in [-0.3, -0.25) is 0 Å². The molecular formula is C19H20N2O3. The fraction of sp³-hybridized carbons (Fsp3) is 0.316. The molecule has 2 heterocycles. The second kappa shape index (κ2) is 6.53. The van der Waals surface area contributed by atoms with Gasteiger partial charge in [-0.15, -0.1) is 0 Å². The van der Waals surface area contributed by atoms with Crippen LogP contribution in [0.3, 0.4) is 0 Å². The standard InChI is InChI=1S/C19H20N2O3/c22-19(20-15-6-7-17-14(12-15)8-10-23-17)21-16-9-11-24-18(16)13-4-2-1-3-5-13/h1-7,12,16,18H,8-11H2,(H2,20,21,22). The Balaban J connectivity index is 1.40. The quantitative estimate of drug-likeness (QED) is 0.911. The van der Waals surface area contributed by atoms with Gasteiger partial charge in [-0.05, 0) is 35.7 Å². The SMILES string of the molecule is O=C(Nc1ccc2c(c1)CCO2)NC1CCOC1c1ccccc1. The van der Waals surface area contributed by atoms with Gasteiger partial charge >= 0.3 is 6.03 Å². The van der Waals surface area contributed by atoms with Crippen molar-refractivity contribution in [1.82, 2.24) is 5.32 Å². The average molecular weight is 324 g/mol. The second-order valence-corrected chi connectivity index (χ2v) is 6.12. The molecule has 4 rings (SSSR count). The molecule has 0 spiro atoms. The van der Waals surface area contributed by atoms with Gasteiger partial charge in [0.15, 0.2) is 0 Å². The van der Waals surface area contributed by atoms with Crippen molar-refractivity contribution in [3.05, 3.63) is 59.7 Å². The van der Waals surface area contributed by atoms with Gasteiger partial charge in [-0.2, -0.15) is 0 Å². The number of nitrogens with one attached hydrogen (secondary N) is 2. The number of benzene rings is 2. The van der Waals surface area contributed by atoms with E-state index in [1.807, 2.05) is 48.5 Å². The predicted octanol–water partition coefficient (Wildman–Crippen LogP) is 3.27. The van der Waals surface area contributed by atoms with Gasteiger partial charge in [0.05, 0.1) is 12.6 Å². The largest absolute Gasteiger partial charge is 0.493 e. The molecule has 1 saturated heterocycles. The van der Waals surface area contributed by atoms with Crippen molar-refractivity contribution >= 4 is 11.7 Å². The Hall–Kier alpha value is -2.53. The first-order valence-electron chi connectivity index (χ1n) is 8.29. The summed E-state index contributed by atoms with van der Waals surface area (Å²) in [6.07, 6.45) is 1.61. The third-order valence-electron chi connectivity index (χ3n) is 4.48. The van der Waals surface area contributed by atoms with Crippen LogP contribution in [0.5, 0.6) is 5.75 Å². The molecule has 0 radical (unpaired) electrons. The molecule has 2 aromatic carbocycles. The predicted molar refractivity (Wildman–Crippen MR) is 91.3 cm³/mol. The summed E-state index contributed by atoms with van der Waals surface area (Å²) in [7, 11) is 0. The maximum atomic E-state index is 12.3. The molecule has 0 bridgehead atoms. The highest BCUT2D eigenvalue weighted by molar-refractivity contribution is 5.89. The Labute approximate surface area is 141 Å². The number of urea groups is 1. The third kappa shape index (κ3) is 3.08. The Bertz CT molecular complexity index is 733.